The topological polar surface area (TPSA) is 55.6 Å². The molecule has 1 unspecified atom stereocenters. The normalized spacial score (nSPS) is 23.0. The lowest BCUT2D eigenvalue weighted by Crippen LogP contribution is -2.53. The van der Waals surface area contributed by atoms with Crippen LogP contribution in [0.4, 0.5) is 0 Å². The van der Waals surface area contributed by atoms with Gasteiger partial charge < -0.3 is 15.4 Å². The standard InChI is InChI=1S/C19H28N2O2/c1-19(20,15-7-3-2-4-8-15)18(22)21-13-11-17(12-14-21)23-16-9-5-6-10-16/h2-4,7-8,16-17H,5-6,9-14,20H2,1H3. The fourth-order valence-electron chi connectivity index (χ4n) is 3.73. The average Bonchev–Trinajstić information content (AvgIpc) is 3.09. The highest BCUT2D eigenvalue weighted by Gasteiger charge is 2.36. The van der Waals surface area contributed by atoms with Crippen molar-refractivity contribution < 1.29 is 9.53 Å². The largest absolute Gasteiger partial charge is 0.375 e. The summed E-state index contributed by atoms with van der Waals surface area (Å²) < 4.78 is 6.18. The van der Waals surface area contributed by atoms with Crippen LogP contribution in [0, 0.1) is 0 Å². The Morgan fingerprint density at radius 3 is 2.26 bits per heavy atom. The van der Waals surface area contributed by atoms with Gasteiger partial charge in [-0.2, -0.15) is 0 Å². The summed E-state index contributed by atoms with van der Waals surface area (Å²) in [5, 5.41) is 0. The fourth-order valence-corrected chi connectivity index (χ4v) is 3.73. The first-order valence-corrected chi connectivity index (χ1v) is 8.86. The lowest BCUT2D eigenvalue weighted by Gasteiger charge is -2.37. The third kappa shape index (κ3) is 3.75. The monoisotopic (exact) mass is 316 g/mol. The number of likely N-dealkylation sites (tertiary alicyclic amines) is 1. The molecule has 1 saturated carbocycles. The van der Waals surface area contributed by atoms with Gasteiger partial charge >= 0.3 is 0 Å². The lowest BCUT2D eigenvalue weighted by atomic mass is 9.90. The van der Waals surface area contributed by atoms with Gasteiger partial charge in [0.1, 0.15) is 5.54 Å². The Bertz CT molecular complexity index is 515. The van der Waals surface area contributed by atoms with Crippen LogP contribution in [0.3, 0.4) is 0 Å². The fraction of sp³-hybridized carbons (Fsp3) is 0.632. The molecule has 3 rings (SSSR count). The zero-order chi connectivity index (χ0) is 16.3. The summed E-state index contributed by atoms with van der Waals surface area (Å²) in [5.74, 6) is 0.0167. The van der Waals surface area contributed by atoms with Crippen LogP contribution in [-0.2, 0) is 15.1 Å². The summed E-state index contributed by atoms with van der Waals surface area (Å²) >= 11 is 0. The molecule has 2 fully saturated rings. The quantitative estimate of drug-likeness (QED) is 0.929. The molecule has 1 aromatic rings. The van der Waals surface area contributed by atoms with Gasteiger partial charge in [-0.15, -0.1) is 0 Å². The van der Waals surface area contributed by atoms with Gasteiger partial charge in [0.15, 0.2) is 0 Å². The molecule has 0 aromatic heterocycles. The summed E-state index contributed by atoms with van der Waals surface area (Å²) in [7, 11) is 0. The minimum atomic E-state index is -0.958. The van der Waals surface area contributed by atoms with Crippen LogP contribution in [0.15, 0.2) is 30.3 Å². The number of piperidine rings is 1. The zero-order valence-corrected chi connectivity index (χ0v) is 14.0. The Hall–Kier alpha value is -1.39. The van der Waals surface area contributed by atoms with Gasteiger partial charge in [-0.05, 0) is 38.2 Å². The first-order chi connectivity index (χ1) is 11.1. The van der Waals surface area contributed by atoms with Crippen molar-refractivity contribution in [3.63, 3.8) is 0 Å². The van der Waals surface area contributed by atoms with Gasteiger partial charge in [0.25, 0.3) is 0 Å². The van der Waals surface area contributed by atoms with E-state index in [1.807, 2.05) is 42.2 Å². The van der Waals surface area contributed by atoms with Gasteiger partial charge in [-0.1, -0.05) is 43.2 Å². The van der Waals surface area contributed by atoms with Gasteiger partial charge in [0, 0.05) is 13.1 Å². The number of ether oxygens (including phenoxy) is 1. The number of nitrogens with zero attached hydrogens (tertiary/aromatic N) is 1. The van der Waals surface area contributed by atoms with Crippen molar-refractivity contribution in [1.82, 2.24) is 4.90 Å². The van der Waals surface area contributed by atoms with E-state index in [9.17, 15) is 4.79 Å². The van der Waals surface area contributed by atoms with Crippen molar-refractivity contribution in [3.05, 3.63) is 35.9 Å². The number of rotatable bonds is 4. The maximum atomic E-state index is 12.8. The van der Waals surface area contributed by atoms with E-state index in [4.69, 9.17) is 10.5 Å². The molecule has 1 aliphatic heterocycles. The maximum Gasteiger partial charge on any atom is 0.246 e. The van der Waals surface area contributed by atoms with E-state index < -0.39 is 5.54 Å². The van der Waals surface area contributed by atoms with Crippen LogP contribution in [0.2, 0.25) is 0 Å². The number of nitrogens with two attached hydrogens (primary N) is 1. The first kappa shape index (κ1) is 16.5. The second-order valence-electron chi connectivity index (χ2n) is 7.10. The highest BCUT2D eigenvalue weighted by molar-refractivity contribution is 5.87. The van der Waals surface area contributed by atoms with E-state index >= 15 is 0 Å². The van der Waals surface area contributed by atoms with E-state index in [2.05, 4.69) is 0 Å². The number of carbonyl (C=O) groups is 1. The molecule has 2 N–H and O–H groups in total. The van der Waals surface area contributed by atoms with Gasteiger partial charge in [0.2, 0.25) is 5.91 Å². The number of amides is 1. The smallest absolute Gasteiger partial charge is 0.246 e. The molecule has 126 valence electrons. The molecule has 1 aromatic carbocycles. The third-order valence-electron chi connectivity index (χ3n) is 5.23. The second kappa shape index (κ2) is 7.02. The van der Waals surface area contributed by atoms with Crippen molar-refractivity contribution >= 4 is 5.91 Å². The minimum Gasteiger partial charge on any atom is -0.375 e. The number of benzene rings is 1. The number of hydrogen-bond acceptors (Lipinski definition) is 3. The Morgan fingerprint density at radius 1 is 1.09 bits per heavy atom. The van der Waals surface area contributed by atoms with E-state index in [0.29, 0.717) is 12.2 Å². The molecule has 0 spiro atoms. The van der Waals surface area contributed by atoms with Crippen LogP contribution in [0.1, 0.15) is 51.0 Å². The number of hydrogen-bond donors (Lipinski definition) is 1. The van der Waals surface area contributed by atoms with Crippen molar-refractivity contribution in [2.24, 2.45) is 5.73 Å². The molecule has 4 heteroatoms. The predicted octanol–water partition coefficient (Wildman–Crippen LogP) is 2.81. The molecule has 2 aliphatic rings. The van der Waals surface area contributed by atoms with Crippen molar-refractivity contribution in [3.8, 4) is 0 Å². The molecule has 1 heterocycles. The van der Waals surface area contributed by atoms with E-state index in [0.717, 1.165) is 31.5 Å². The first-order valence-electron chi connectivity index (χ1n) is 8.86. The molecule has 4 nitrogen and oxygen atoms in total. The van der Waals surface area contributed by atoms with Crippen molar-refractivity contribution in [2.75, 3.05) is 13.1 Å². The predicted molar refractivity (Wildman–Crippen MR) is 90.9 cm³/mol. The summed E-state index contributed by atoms with van der Waals surface area (Å²) in [4.78, 5) is 14.7. The zero-order valence-electron chi connectivity index (χ0n) is 14.0. The average molecular weight is 316 g/mol. The summed E-state index contributed by atoms with van der Waals surface area (Å²) in [5.41, 5.74) is 6.27. The molecule has 1 aliphatic carbocycles. The van der Waals surface area contributed by atoms with Crippen molar-refractivity contribution in [1.29, 1.82) is 0 Å². The number of carbonyl (C=O) groups excluding carboxylic acids is 1. The van der Waals surface area contributed by atoms with E-state index in [1.54, 1.807) is 0 Å². The van der Waals surface area contributed by atoms with Crippen LogP contribution in [-0.4, -0.2) is 36.1 Å². The Morgan fingerprint density at radius 2 is 1.65 bits per heavy atom. The second-order valence-corrected chi connectivity index (χ2v) is 7.10. The molecule has 1 atom stereocenters. The van der Waals surface area contributed by atoms with Crippen LogP contribution in [0.25, 0.3) is 0 Å². The van der Waals surface area contributed by atoms with Gasteiger partial charge in [0.05, 0.1) is 12.2 Å². The highest BCUT2D eigenvalue weighted by Crippen LogP contribution is 2.27. The van der Waals surface area contributed by atoms with Crippen LogP contribution < -0.4 is 5.73 Å². The Balaban J connectivity index is 1.55. The third-order valence-corrected chi connectivity index (χ3v) is 5.23. The van der Waals surface area contributed by atoms with Gasteiger partial charge in [-0.3, -0.25) is 4.79 Å². The van der Waals surface area contributed by atoms with Gasteiger partial charge in [-0.25, -0.2) is 0 Å². The molecule has 0 radical (unpaired) electrons. The molecule has 1 amide bonds. The van der Waals surface area contributed by atoms with Crippen molar-refractivity contribution in [2.45, 2.75) is 63.2 Å². The van der Waals surface area contributed by atoms with Crippen LogP contribution in [0.5, 0.6) is 0 Å². The maximum absolute atomic E-state index is 12.8. The van der Waals surface area contributed by atoms with E-state index in [1.165, 1.54) is 25.7 Å². The summed E-state index contributed by atoms with van der Waals surface area (Å²) in [6.07, 6.45) is 7.60. The molecular weight excluding hydrogens is 288 g/mol. The molecule has 0 bridgehead atoms. The highest BCUT2D eigenvalue weighted by atomic mass is 16.5. The van der Waals surface area contributed by atoms with Crippen LogP contribution >= 0.6 is 0 Å². The molecular formula is C19H28N2O2. The molecule has 1 saturated heterocycles. The molecule has 23 heavy (non-hydrogen) atoms. The summed E-state index contributed by atoms with van der Waals surface area (Å²) in [6.45, 7) is 3.30. The summed E-state index contributed by atoms with van der Waals surface area (Å²) in [6, 6.07) is 9.64. The Labute approximate surface area is 139 Å². The van der Waals surface area contributed by atoms with E-state index in [-0.39, 0.29) is 5.91 Å². The lowest BCUT2D eigenvalue weighted by molar-refractivity contribution is -0.140. The minimum absolute atomic E-state index is 0.0167. The SMILES string of the molecule is CC(N)(C(=O)N1CCC(OC2CCCC2)CC1)c1ccccc1. The Kier molecular flexibility index (Phi) is 5.02.